The zero-order valence-corrected chi connectivity index (χ0v) is 19.4. The highest BCUT2D eigenvalue weighted by molar-refractivity contribution is 7.48. The maximum Gasteiger partial charge on any atom is 0.474 e. The van der Waals surface area contributed by atoms with E-state index in [9.17, 15) is 4.57 Å². The smallest absolute Gasteiger partial charge is 0.287 e. The molecule has 0 atom stereocenters. The fourth-order valence-electron chi connectivity index (χ4n) is 3.32. The van der Waals surface area contributed by atoms with Gasteiger partial charge in [0.1, 0.15) is 0 Å². The molecule has 4 nitrogen and oxygen atoms in total. The van der Waals surface area contributed by atoms with Crippen molar-refractivity contribution in [1.29, 1.82) is 0 Å². The van der Waals surface area contributed by atoms with Gasteiger partial charge in [0.05, 0.1) is 19.8 Å². The third kappa shape index (κ3) is 10.2. The van der Waals surface area contributed by atoms with Crippen molar-refractivity contribution in [2.45, 2.75) is 91.9 Å². The summed E-state index contributed by atoms with van der Waals surface area (Å²) in [7, 11) is -3.40. The van der Waals surface area contributed by atoms with Gasteiger partial charge in [-0.3, -0.25) is 13.6 Å². The molecule has 0 aromatic heterocycles. The van der Waals surface area contributed by atoms with Crippen molar-refractivity contribution in [3.8, 4) is 0 Å². The van der Waals surface area contributed by atoms with Gasteiger partial charge in [-0.15, -0.1) is 0 Å². The number of benzene rings is 1. The zero-order chi connectivity index (χ0) is 20.7. The average molecular weight is 413 g/mol. The lowest BCUT2D eigenvalue weighted by Crippen LogP contribution is -2.04. The predicted molar refractivity (Wildman–Crippen MR) is 118 cm³/mol. The van der Waals surface area contributed by atoms with Crippen LogP contribution in [0.4, 0.5) is 0 Å². The van der Waals surface area contributed by atoms with E-state index in [1.54, 1.807) is 13.8 Å². The lowest BCUT2D eigenvalue weighted by molar-refractivity contribution is 0.120. The van der Waals surface area contributed by atoms with E-state index in [1.807, 2.05) is 0 Å². The molecular formula is C23H41O4P. The van der Waals surface area contributed by atoms with Gasteiger partial charge in [-0.25, -0.2) is 4.57 Å². The number of hydrogen-bond acceptors (Lipinski definition) is 4. The Morgan fingerprint density at radius 3 is 1.93 bits per heavy atom. The summed E-state index contributed by atoms with van der Waals surface area (Å²) in [5, 5.41) is 0. The van der Waals surface area contributed by atoms with Crippen LogP contribution in [0.5, 0.6) is 0 Å². The number of aryl methyl sites for hydroxylation is 3. The highest BCUT2D eigenvalue weighted by Gasteiger charge is 2.24. The summed E-state index contributed by atoms with van der Waals surface area (Å²) >= 11 is 0. The zero-order valence-electron chi connectivity index (χ0n) is 18.5. The molecule has 1 aromatic carbocycles. The molecule has 0 saturated heterocycles. The monoisotopic (exact) mass is 412 g/mol. The minimum absolute atomic E-state index is 0.318. The van der Waals surface area contributed by atoms with Crippen molar-refractivity contribution >= 4 is 7.82 Å². The highest BCUT2D eigenvalue weighted by atomic mass is 31.2. The molecule has 0 unspecified atom stereocenters. The Kier molecular flexibility index (Phi) is 13.8. The van der Waals surface area contributed by atoms with Crippen LogP contribution in [-0.2, 0) is 37.4 Å². The van der Waals surface area contributed by atoms with Crippen molar-refractivity contribution in [1.82, 2.24) is 0 Å². The predicted octanol–water partition coefficient (Wildman–Crippen LogP) is 7.28. The number of phosphoric acid groups is 1. The molecule has 0 amide bonds. The maximum atomic E-state index is 12.4. The molecule has 1 aromatic rings. The van der Waals surface area contributed by atoms with E-state index >= 15 is 0 Å². The molecule has 28 heavy (non-hydrogen) atoms. The SMILES string of the molecule is CCCCCc1ccc(CCCOP(=O)(OCC)OCC)c(CCCCC)c1. The van der Waals surface area contributed by atoms with Gasteiger partial charge in [-0.2, -0.15) is 0 Å². The van der Waals surface area contributed by atoms with E-state index in [-0.39, 0.29) is 0 Å². The van der Waals surface area contributed by atoms with Gasteiger partial charge in [0, 0.05) is 0 Å². The van der Waals surface area contributed by atoms with E-state index in [1.165, 1.54) is 61.6 Å². The molecule has 0 saturated carbocycles. The van der Waals surface area contributed by atoms with Crippen LogP contribution in [0, 0.1) is 0 Å². The Balaban J connectivity index is 2.64. The van der Waals surface area contributed by atoms with Crippen LogP contribution in [0.3, 0.4) is 0 Å². The third-order valence-corrected chi connectivity index (χ3v) is 6.45. The molecule has 0 aliphatic carbocycles. The van der Waals surface area contributed by atoms with E-state index in [2.05, 4.69) is 32.0 Å². The average Bonchev–Trinajstić information content (AvgIpc) is 2.67. The van der Waals surface area contributed by atoms with Crippen molar-refractivity contribution in [3.63, 3.8) is 0 Å². The van der Waals surface area contributed by atoms with Gasteiger partial charge in [-0.05, 0) is 69.1 Å². The summed E-state index contributed by atoms with van der Waals surface area (Å²) in [6.07, 6.45) is 11.6. The Labute approximate surface area is 173 Å². The highest BCUT2D eigenvalue weighted by Crippen LogP contribution is 2.49. The second kappa shape index (κ2) is 15.2. The summed E-state index contributed by atoms with van der Waals surface area (Å²) in [5.74, 6) is 0. The normalized spacial score (nSPS) is 11.9. The summed E-state index contributed by atoms with van der Waals surface area (Å²) in [5.41, 5.74) is 4.32. The van der Waals surface area contributed by atoms with Crippen molar-refractivity contribution < 1.29 is 18.1 Å². The van der Waals surface area contributed by atoms with Crippen LogP contribution >= 0.6 is 7.82 Å². The summed E-state index contributed by atoms with van der Waals surface area (Å²) in [6, 6.07) is 6.97. The minimum atomic E-state index is -3.40. The standard InChI is InChI=1S/C23H41O4P/c1-5-9-11-14-21-17-18-22(23(20-21)15-12-10-6-2)16-13-19-27-28(24,25-7-3)26-8-4/h17-18,20H,5-16,19H2,1-4H3. The molecule has 0 aliphatic rings. The second-order valence-corrected chi connectivity index (χ2v) is 8.91. The molecule has 0 fully saturated rings. The first kappa shape index (κ1) is 25.4. The molecule has 5 heteroatoms. The topological polar surface area (TPSA) is 44.8 Å². The van der Waals surface area contributed by atoms with Gasteiger partial charge in [0.2, 0.25) is 0 Å². The van der Waals surface area contributed by atoms with Crippen LogP contribution in [0.2, 0.25) is 0 Å². The van der Waals surface area contributed by atoms with Gasteiger partial charge in [-0.1, -0.05) is 57.7 Å². The van der Waals surface area contributed by atoms with E-state index in [0.29, 0.717) is 19.8 Å². The number of hydrogen-bond donors (Lipinski definition) is 0. The van der Waals surface area contributed by atoms with Gasteiger partial charge < -0.3 is 0 Å². The van der Waals surface area contributed by atoms with E-state index in [0.717, 1.165) is 19.3 Å². The van der Waals surface area contributed by atoms with Crippen molar-refractivity contribution in [2.75, 3.05) is 19.8 Å². The summed E-state index contributed by atoms with van der Waals surface area (Å²) < 4.78 is 28.2. The molecule has 0 N–H and O–H groups in total. The van der Waals surface area contributed by atoms with Crippen LogP contribution in [0.1, 0.15) is 89.3 Å². The number of phosphoric ester groups is 1. The Hall–Kier alpha value is -0.670. The molecule has 0 spiro atoms. The van der Waals surface area contributed by atoms with Crippen LogP contribution in [0.15, 0.2) is 18.2 Å². The van der Waals surface area contributed by atoms with Crippen LogP contribution in [-0.4, -0.2) is 19.8 Å². The molecule has 0 radical (unpaired) electrons. The molecule has 162 valence electrons. The van der Waals surface area contributed by atoms with Crippen molar-refractivity contribution in [3.05, 3.63) is 34.9 Å². The Morgan fingerprint density at radius 1 is 0.714 bits per heavy atom. The number of unbranched alkanes of at least 4 members (excludes halogenated alkanes) is 4. The Morgan fingerprint density at radius 2 is 1.32 bits per heavy atom. The fourth-order valence-corrected chi connectivity index (χ4v) is 4.53. The molecule has 0 bridgehead atoms. The van der Waals surface area contributed by atoms with Crippen molar-refractivity contribution in [2.24, 2.45) is 0 Å². The molecular weight excluding hydrogens is 371 g/mol. The fraction of sp³-hybridized carbons (Fsp3) is 0.739. The minimum Gasteiger partial charge on any atom is -0.287 e. The Bertz CT molecular complexity index is 564. The van der Waals surface area contributed by atoms with Crippen LogP contribution in [0.25, 0.3) is 0 Å². The number of rotatable bonds is 17. The lowest BCUT2D eigenvalue weighted by atomic mass is 9.94. The molecule has 1 rings (SSSR count). The first-order chi connectivity index (χ1) is 13.6. The maximum absolute atomic E-state index is 12.4. The summed E-state index contributed by atoms with van der Waals surface area (Å²) in [6.45, 7) is 9.09. The van der Waals surface area contributed by atoms with Crippen LogP contribution < -0.4 is 0 Å². The van der Waals surface area contributed by atoms with Gasteiger partial charge in [0.25, 0.3) is 0 Å². The van der Waals surface area contributed by atoms with Gasteiger partial charge >= 0.3 is 7.82 Å². The largest absolute Gasteiger partial charge is 0.474 e. The van der Waals surface area contributed by atoms with Gasteiger partial charge in [0.15, 0.2) is 0 Å². The quantitative estimate of drug-likeness (QED) is 0.199. The van der Waals surface area contributed by atoms with E-state index in [4.69, 9.17) is 13.6 Å². The second-order valence-electron chi connectivity index (χ2n) is 7.24. The molecule has 0 heterocycles. The van der Waals surface area contributed by atoms with E-state index < -0.39 is 7.82 Å². The first-order valence-electron chi connectivity index (χ1n) is 11.2. The lowest BCUT2D eigenvalue weighted by Gasteiger charge is -2.17. The third-order valence-electron chi connectivity index (χ3n) is 4.80. The molecule has 0 aliphatic heterocycles. The summed E-state index contributed by atoms with van der Waals surface area (Å²) in [4.78, 5) is 0. The first-order valence-corrected chi connectivity index (χ1v) is 12.7.